The molecule has 0 spiro atoms. The molecule has 3 heterocycles. The first-order valence-electron chi connectivity index (χ1n) is 8.16. The largest absolute Gasteiger partial charge is 0.436 e. The Morgan fingerprint density at radius 1 is 1.15 bits per heavy atom. The van der Waals surface area contributed by atoms with Gasteiger partial charge in [-0.25, -0.2) is 14.8 Å². The number of anilines is 1. The summed E-state index contributed by atoms with van der Waals surface area (Å²) >= 11 is 0. The Bertz CT molecular complexity index is 674. The Hall–Kier alpha value is -2.59. The van der Waals surface area contributed by atoms with Crippen molar-refractivity contribution in [1.82, 2.24) is 14.9 Å². The first-order valence-corrected chi connectivity index (χ1v) is 8.16. The van der Waals surface area contributed by atoms with E-state index in [1.165, 1.54) is 0 Å². The summed E-state index contributed by atoms with van der Waals surface area (Å²) in [7, 11) is 0. The maximum atomic E-state index is 12.6. The van der Waals surface area contributed by atoms with E-state index in [-0.39, 0.29) is 17.9 Å². The standard InChI is InChI=1S/C15H18F3N5O3/c16-15(17,18)9-7-20-14(21-8-9)22-4-1-10(2-5-22)23-6-3-11(12(23)24)26-13(19)25/h7-8,10-11H,1-6H2,(H2,19,25)/t11-/m1/s1. The summed E-state index contributed by atoms with van der Waals surface area (Å²) in [5.74, 6) is -0.0211. The van der Waals surface area contributed by atoms with Gasteiger partial charge in [0.15, 0.2) is 6.10 Å². The number of nitrogens with two attached hydrogens (primary N) is 1. The zero-order valence-electron chi connectivity index (χ0n) is 13.8. The molecular formula is C15H18F3N5O3. The number of ether oxygens (including phenoxy) is 1. The van der Waals surface area contributed by atoms with Gasteiger partial charge < -0.3 is 20.3 Å². The molecule has 1 atom stereocenters. The Kier molecular flexibility index (Phi) is 4.88. The highest BCUT2D eigenvalue weighted by atomic mass is 19.4. The predicted octanol–water partition coefficient (Wildman–Crippen LogP) is 1.16. The maximum absolute atomic E-state index is 12.6. The number of likely N-dealkylation sites (tertiary alicyclic amines) is 1. The SMILES string of the molecule is NC(=O)O[C@@H]1CCN(C2CCN(c3ncc(C(F)(F)F)cn3)CC2)C1=O. The Morgan fingerprint density at radius 2 is 1.77 bits per heavy atom. The summed E-state index contributed by atoms with van der Waals surface area (Å²) in [5, 5.41) is 0. The number of carbonyl (C=O) groups excluding carboxylic acids is 2. The van der Waals surface area contributed by atoms with E-state index in [0.29, 0.717) is 38.9 Å². The quantitative estimate of drug-likeness (QED) is 0.853. The van der Waals surface area contributed by atoms with Crippen LogP contribution in [0.3, 0.4) is 0 Å². The van der Waals surface area contributed by atoms with Crippen LogP contribution in [-0.2, 0) is 15.7 Å². The van der Waals surface area contributed by atoms with E-state index in [2.05, 4.69) is 9.97 Å². The average molecular weight is 373 g/mol. The molecule has 3 rings (SSSR count). The van der Waals surface area contributed by atoms with E-state index in [9.17, 15) is 22.8 Å². The molecule has 1 aromatic heterocycles. The molecule has 0 radical (unpaired) electrons. The minimum Gasteiger partial charge on any atom is -0.436 e. The highest BCUT2D eigenvalue weighted by Crippen LogP contribution is 2.29. The van der Waals surface area contributed by atoms with Gasteiger partial charge in [-0.1, -0.05) is 0 Å². The van der Waals surface area contributed by atoms with E-state index < -0.39 is 23.9 Å². The van der Waals surface area contributed by atoms with E-state index in [0.717, 1.165) is 12.4 Å². The molecule has 0 saturated carbocycles. The summed E-state index contributed by atoms with van der Waals surface area (Å²) in [4.78, 5) is 34.1. The van der Waals surface area contributed by atoms with Crippen LogP contribution in [0.1, 0.15) is 24.8 Å². The lowest BCUT2D eigenvalue weighted by atomic mass is 10.0. The van der Waals surface area contributed by atoms with E-state index in [1.54, 1.807) is 9.80 Å². The van der Waals surface area contributed by atoms with Crippen molar-refractivity contribution in [1.29, 1.82) is 0 Å². The van der Waals surface area contributed by atoms with Gasteiger partial charge in [-0.2, -0.15) is 13.2 Å². The van der Waals surface area contributed by atoms with Crippen molar-refractivity contribution in [2.45, 2.75) is 37.6 Å². The van der Waals surface area contributed by atoms with Crippen molar-refractivity contribution in [3.05, 3.63) is 18.0 Å². The number of hydrogen-bond acceptors (Lipinski definition) is 6. The summed E-state index contributed by atoms with van der Waals surface area (Å²) in [5.41, 5.74) is 4.07. The van der Waals surface area contributed by atoms with Crippen LogP contribution in [0.25, 0.3) is 0 Å². The first kappa shape index (κ1) is 18.2. The van der Waals surface area contributed by atoms with Crippen LogP contribution in [0.5, 0.6) is 0 Å². The lowest BCUT2D eigenvalue weighted by Crippen LogP contribution is -2.47. The molecule has 2 fully saturated rings. The van der Waals surface area contributed by atoms with Crippen molar-refractivity contribution in [2.75, 3.05) is 24.5 Å². The smallest absolute Gasteiger partial charge is 0.419 e. The van der Waals surface area contributed by atoms with Crippen LogP contribution >= 0.6 is 0 Å². The average Bonchev–Trinajstić information content (AvgIpc) is 2.94. The second kappa shape index (κ2) is 6.96. The van der Waals surface area contributed by atoms with Crippen LogP contribution in [0.15, 0.2) is 12.4 Å². The molecule has 142 valence electrons. The fourth-order valence-electron chi connectivity index (χ4n) is 3.30. The van der Waals surface area contributed by atoms with E-state index in [4.69, 9.17) is 10.5 Å². The maximum Gasteiger partial charge on any atom is 0.419 e. The number of nitrogens with zero attached hydrogens (tertiary/aromatic N) is 4. The molecule has 0 aliphatic carbocycles. The highest BCUT2D eigenvalue weighted by molar-refractivity contribution is 5.85. The Balaban J connectivity index is 1.56. The Labute approximate surface area is 147 Å². The number of alkyl halides is 3. The molecule has 1 aromatic rings. The van der Waals surface area contributed by atoms with E-state index in [1.807, 2.05) is 0 Å². The molecule has 2 N–H and O–H groups in total. The second-order valence-electron chi connectivity index (χ2n) is 6.23. The van der Waals surface area contributed by atoms with Crippen molar-refractivity contribution in [3.63, 3.8) is 0 Å². The minimum atomic E-state index is -4.47. The lowest BCUT2D eigenvalue weighted by molar-refractivity contribution is -0.138. The molecule has 2 amide bonds. The molecule has 2 aliphatic rings. The summed E-state index contributed by atoms with van der Waals surface area (Å²) < 4.78 is 42.5. The number of rotatable bonds is 3. The fourth-order valence-corrected chi connectivity index (χ4v) is 3.30. The molecule has 2 saturated heterocycles. The predicted molar refractivity (Wildman–Crippen MR) is 83.1 cm³/mol. The first-order chi connectivity index (χ1) is 12.3. The summed E-state index contributed by atoms with van der Waals surface area (Å²) in [6.07, 6.45) is -3.08. The van der Waals surface area contributed by atoms with Crippen LogP contribution in [0, 0.1) is 0 Å². The zero-order chi connectivity index (χ0) is 18.9. The normalized spacial score (nSPS) is 22.0. The fraction of sp³-hybridized carbons (Fsp3) is 0.600. The number of piperidine rings is 1. The lowest BCUT2D eigenvalue weighted by Gasteiger charge is -2.36. The number of hydrogen-bond donors (Lipinski definition) is 1. The zero-order valence-corrected chi connectivity index (χ0v) is 13.8. The molecular weight excluding hydrogens is 355 g/mol. The van der Waals surface area contributed by atoms with Crippen LogP contribution in [0.2, 0.25) is 0 Å². The molecule has 26 heavy (non-hydrogen) atoms. The third-order valence-corrected chi connectivity index (χ3v) is 4.60. The number of halogens is 3. The van der Waals surface area contributed by atoms with Gasteiger partial charge in [-0.05, 0) is 12.8 Å². The third kappa shape index (κ3) is 3.81. The molecule has 11 heteroatoms. The highest BCUT2D eigenvalue weighted by Gasteiger charge is 2.39. The summed E-state index contributed by atoms with van der Waals surface area (Å²) in [6, 6.07) is -0.0188. The molecule has 8 nitrogen and oxygen atoms in total. The van der Waals surface area contributed by atoms with E-state index >= 15 is 0 Å². The number of amides is 2. The van der Waals surface area contributed by atoms with Crippen molar-refractivity contribution >= 4 is 17.9 Å². The van der Waals surface area contributed by atoms with Gasteiger partial charge >= 0.3 is 12.3 Å². The van der Waals surface area contributed by atoms with Crippen molar-refractivity contribution in [2.24, 2.45) is 5.73 Å². The van der Waals surface area contributed by atoms with Gasteiger partial charge in [0.2, 0.25) is 5.95 Å². The Morgan fingerprint density at radius 3 is 2.31 bits per heavy atom. The number of aromatic nitrogens is 2. The minimum absolute atomic E-state index is 0.0188. The van der Waals surface area contributed by atoms with Gasteiger partial charge in [0.1, 0.15) is 0 Å². The second-order valence-corrected chi connectivity index (χ2v) is 6.23. The van der Waals surface area contributed by atoms with Crippen molar-refractivity contribution < 1.29 is 27.5 Å². The van der Waals surface area contributed by atoms with Crippen LogP contribution in [0.4, 0.5) is 23.9 Å². The van der Waals surface area contributed by atoms with Gasteiger partial charge in [-0.3, -0.25) is 4.79 Å². The number of carbonyl (C=O) groups is 2. The number of primary amides is 1. The monoisotopic (exact) mass is 373 g/mol. The molecule has 0 aromatic carbocycles. The van der Waals surface area contributed by atoms with Gasteiger partial charge in [-0.15, -0.1) is 0 Å². The third-order valence-electron chi connectivity index (χ3n) is 4.60. The van der Waals surface area contributed by atoms with Crippen molar-refractivity contribution in [3.8, 4) is 0 Å². The molecule has 0 bridgehead atoms. The molecule has 2 aliphatic heterocycles. The van der Waals surface area contributed by atoms with Crippen LogP contribution in [-0.4, -0.2) is 58.6 Å². The topological polar surface area (TPSA) is 102 Å². The van der Waals surface area contributed by atoms with Gasteiger partial charge in [0.05, 0.1) is 5.56 Å². The van der Waals surface area contributed by atoms with Gasteiger partial charge in [0.25, 0.3) is 5.91 Å². The van der Waals surface area contributed by atoms with Gasteiger partial charge in [0, 0.05) is 44.5 Å². The van der Waals surface area contributed by atoms with Crippen LogP contribution < -0.4 is 10.6 Å². The molecule has 0 unspecified atom stereocenters. The summed E-state index contributed by atoms with van der Waals surface area (Å²) in [6.45, 7) is 1.51.